The zero-order chi connectivity index (χ0) is 32.0. The normalized spacial score (nSPS) is 11.7. The SMILES string of the molecule is O=C(Nc1cccc(SCC(=O)c2ccc3c(c2)Cc2ccccc2-3)c1)/C(=C/c1ccccc1[N+](=O)[O-])NC(=O)c1ccccc1. The molecule has 0 spiro atoms. The van der Waals surface area contributed by atoms with Crippen molar-refractivity contribution in [3.05, 3.63) is 165 Å². The standard InChI is InChI=1S/C37H27N3O5S/c41-35(27-17-18-32-28(20-27)19-25-11-4-6-15-31(25)32)23-46-30-14-8-13-29(22-30)38-37(43)33(39-36(42)24-9-2-1-3-10-24)21-26-12-5-7-16-34(26)40(44)45/h1-18,20-22H,19,23H2,(H,38,43)(H,39,42)/b33-21-. The molecule has 46 heavy (non-hydrogen) atoms. The number of fused-ring (bicyclic) bond motifs is 3. The highest BCUT2D eigenvalue weighted by molar-refractivity contribution is 8.00. The Morgan fingerprint density at radius 3 is 2.33 bits per heavy atom. The molecule has 8 nitrogen and oxygen atoms in total. The maximum atomic E-state index is 13.5. The number of para-hydroxylation sites is 1. The van der Waals surface area contributed by atoms with Crippen LogP contribution in [0.1, 0.15) is 37.4 Å². The summed E-state index contributed by atoms with van der Waals surface area (Å²) in [6.07, 6.45) is 2.09. The number of thioether (sulfide) groups is 1. The highest BCUT2D eigenvalue weighted by atomic mass is 32.2. The Balaban J connectivity index is 1.16. The third-order valence-corrected chi connectivity index (χ3v) is 8.53. The average molecular weight is 626 g/mol. The molecular weight excluding hydrogens is 598 g/mol. The molecule has 6 rings (SSSR count). The minimum Gasteiger partial charge on any atom is -0.321 e. The summed E-state index contributed by atoms with van der Waals surface area (Å²) in [6, 6.07) is 35.4. The number of nitro benzene ring substituents is 1. The number of amides is 2. The molecule has 0 aliphatic heterocycles. The van der Waals surface area contributed by atoms with Crippen molar-refractivity contribution in [2.24, 2.45) is 0 Å². The summed E-state index contributed by atoms with van der Waals surface area (Å²) in [5.74, 6) is -1.01. The van der Waals surface area contributed by atoms with Crippen LogP contribution in [0.25, 0.3) is 17.2 Å². The first kappa shape index (κ1) is 30.2. The number of carbonyl (C=O) groups excluding carboxylic acids is 3. The molecule has 226 valence electrons. The Morgan fingerprint density at radius 1 is 0.761 bits per heavy atom. The molecule has 0 atom stereocenters. The van der Waals surface area contributed by atoms with Crippen molar-refractivity contribution in [1.82, 2.24) is 5.32 Å². The van der Waals surface area contributed by atoms with Gasteiger partial charge in [-0.25, -0.2) is 0 Å². The van der Waals surface area contributed by atoms with E-state index in [0.717, 1.165) is 16.9 Å². The van der Waals surface area contributed by atoms with Crippen molar-refractivity contribution in [2.45, 2.75) is 11.3 Å². The molecule has 1 aliphatic carbocycles. The van der Waals surface area contributed by atoms with Crippen LogP contribution in [0.15, 0.2) is 132 Å². The third kappa shape index (κ3) is 6.80. The predicted molar refractivity (Wildman–Crippen MR) is 180 cm³/mol. The fraction of sp³-hybridized carbons (Fsp3) is 0.0541. The Bertz CT molecular complexity index is 2020. The van der Waals surface area contributed by atoms with Gasteiger partial charge in [-0.05, 0) is 77.2 Å². The molecule has 1 aliphatic rings. The fourth-order valence-corrected chi connectivity index (χ4v) is 6.14. The number of hydrogen-bond donors (Lipinski definition) is 2. The van der Waals surface area contributed by atoms with Crippen LogP contribution in [0.3, 0.4) is 0 Å². The minimum atomic E-state index is -0.667. The van der Waals surface area contributed by atoms with Crippen molar-refractivity contribution < 1.29 is 19.3 Å². The minimum absolute atomic E-state index is 0.00325. The van der Waals surface area contributed by atoms with E-state index in [-0.39, 0.29) is 28.5 Å². The Labute approximate surface area is 269 Å². The molecule has 0 saturated heterocycles. The Morgan fingerprint density at radius 2 is 1.50 bits per heavy atom. The topological polar surface area (TPSA) is 118 Å². The lowest BCUT2D eigenvalue weighted by atomic mass is 10.0. The van der Waals surface area contributed by atoms with Crippen molar-refractivity contribution >= 4 is 46.8 Å². The zero-order valence-electron chi connectivity index (χ0n) is 24.4. The molecular formula is C37H27N3O5S. The van der Waals surface area contributed by atoms with E-state index in [1.807, 2.05) is 36.4 Å². The first-order chi connectivity index (χ1) is 22.4. The lowest BCUT2D eigenvalue weighted by Gasteiger charge is -2.12. The van der Waals surface area contributed by atoms with Crippen LogP contribution >= 0.6 is 11.8 Å². The van der Waals surface area contributed by atoms with Gasteiger partial charge in [-0.1, -0.05) is 72.8 Å². The second kappa shape index (κ2) is 13.5. The summed E-state index contributed by atoms with van der Waals surface area (Å²) in [5.41, 5.74) is 5.96. The Hall–Kier alpha value is -5.80. The Kier molecular flexibility index (Phi) is 8.84. The number of Topliss-reactive ketones (excluding diaryl/α,β-unsaturated/α-hetero) is 1. The molecule has 2 amide bonds. The third-order valence-electron chi connectivity index (χ3n) is 7.54. The van der Waals surface area contributed by atoms with E-state index in [1.54, 1.807) is 54.6 Å². The van der Waals surface area contributed by atoms with Gasteiger partial charge in [-0.15, -0.1) is 11.8 Å². The van der Waals surface area contributed by atoms with Gasteiger partial charge >= 0.3 is 0 Å². The van der Waals surface area contributed by atoms with Crippen molar-refractivity contribution in [3.63, 3.8) is 0 Å². The summed E-state index contributed by atoms with van der Waals surface area (Å²) in [7, 11) is 0. The predicted octanol–water partition coefficient (Wildman–Crippen LogP) is 7.55. The van der Waals surface area contributed by atoms with Gasteiger partial charge in [0.25, 0.3) is 17.5 Å². The van der Waals surface area contributed by atoms with Crippen LogP contribution in [-0.2, 0) is 11.2 Å². The van der Waals surface area contributed by atoms with Gasteiger partial charge in [-0.2, -0.15) is 0 Å². The van der Waals surface area contributed by atoms with E-state index in [9.17, 15) is 24.5 Å². The second-order valence-electron chi connectivity index (χ2n) is 10.6. The number of hydrogen-bond acceptors (Lipinski definition) is 6. The number of benzene rings is 5. The van der Waals surface area contributed by atoms with Crippen LogP contribution in [-0.4, -0.2) is 28.3 Å². The van der Waals surface area contributed by atoms with Gasteiger partial charge in [0.15, 0.2) is 5.78 Å². The molecule has 0 radical (unpaired) electrons. The first-order valence-corrected chi connectivity index (χ1v) is 15.4. The van der Waals surface area contributed by atoms with Gasteiger partial charge in [0.05, 0.1) is 16.2 Å². The van der Waals surface area contributed by atoms with Crippen molar-refractivity contribution in [1.29, 1.82) is 0 Å². The van der Waals surface area contributed by atoms with Gasteiger partial charge in [0.1, 0.15) is 5.70 Å². The summed E-state index contributed by atoms with van der Waals surface area (Å²) >= 11 is 1.35. The van der Waals surface area contributed by atoms with Crippen LogP contribution in [0, 0.1) is 10.1 Å². The monoisotopic (exact) mass is 625 g/mol. The molecule has 5 aromatic rings. The lowest BCUT2D eigenvalue weighted by molar-refractivity contribution is -0.385. The first-order valence-electron chi connectivity index (χ1n) is 14.5. The number of nitro groups is 1. The summed E-state index contributed by atoms with van der Waals surface area (Å²) in [6.45, 7) is 0. The lowest BCUT2D eigenvalue weighted by Crippen LogP contribution is -2.30. The number of rotatable bonds is 10. The molecule has 0 heterocycles. The van der Waals surface area contributed by atoms with Crippen LogP contribution < -0.4 is 10.6 Å². The van der Waals surface area contributed by atoms with Gasteiger partial charge in [-0.3, -0.25) is 24.5 Å². The largest absolute Gasteiger partial charge is 0.321 e. The van der Waals surface area contributed by atoms with Gasteiger partial charge in [0.2, 0.25) is 0 Å². The highest BCUT2D eigenvalue weighted by Gasteiger charge is 2.21. The number of nitrogens with zero attached hydrogens (tertiary/aromatic N) is 1. The summed E-state index contributed by atoms with van der Waals surface area (Å²) < 4.78 is 0. The van der Waals surface area contributed by atoms with E-state index in [1.165, 1.54) is 52.7 Å². The maximum Gasteiger partial charge on any atom is 0.276 e. The summed E-state index contributed by atoms with van der Waals surface area (Å²) in [4.78, 5) is 51.4. The number of anilines is 1. The average Bonchev–Trinajstić information content (AvgIpc) is 3.45. The smallest absolute Gasteiger partial charge is 0.276 e. The van der Waals surface area contributed by atoms with E-state index in [2.05, 4.69) is 22.8 Å². The molecule has 0 fully saturated rings. The maximum absolute atomic E-state index is 13.5. The van der Waals surface area contributed by atoms with Gasteiger partial charge in [0, 0.05) is 27.8 Å². The number of nitrogens with one attached hydrogen (secondary N) is 2. The fourth-order valence-electron chi connectivity index (χ4n) is 5.29. The van der Waals surface area contributed by atoms with E-state index < -0.39 is 16.7 Å². The van der Waals surface area contributed by atoms with Crippen LogP contribution in [0.4, 0.5) is 11.4 Å². The molecule has 5 aromatic carbocycles. The molecule has 0 aromatic heterocycles. The second-order valence-corrected chi connectivity index (χ2v) is 11.6. The molecule has 0 saturated carbocycles. The molecule has 0 unspecified atom stereocenters. The molecule has 2 N–H and O–H groups in total. The van der Waals surface area contributed by atoms with Crippen molar-refractivity contribution in [2.75, 3.05) is 11.1 Å². The zero-order valence-corrected chi connectivity index (χ0v) is 25.3. The summed E-state index contributed by atoms with van der Waals surface area (Å²) in [5, 5.41) is 17.0. The number of ketones is 1. The number of carbonyl (C=O) groups is 3. The quantitative estimate of drug-likeness (QED) is 0.0534. The van der Waals surface area contributed by atoms with Gasteiger partial charge < -0.3 is 10.6 Å². The van der Waals surface area contributed by atoms with E-state index >= 15 is 0 Å². The van der Waals surface area contributed by atoms with Crippen molar-refractivity contribution in [3.8, 4) is 11.1 Å². The molecule has 9 heteroatoms. The van der Waals surface area contributed by atoms with Crippen LogP contribution in [0.5, 0.6) is 0 Å². The van der Waals surface area contributed by atoms with E-state index in [4.69, 9.17) is 0 Å². The molecule has 0 bridgehead atoms. The highest BCUT2D eigenvalue weighted by Crippen LogP contribution is 2.37. The van der Waals surface area contributed by atoms with Crippen LogP contribution in [0.2, 0.25) is 0 Å². The van der Waals surface area contributed by atoms with E-state index in [0.29, 0.717) is 16.8 Å².